The van der Waals surface area contributed by atoms with Crippen molar-refractivity contribution in [2.75, 3.05) is 0 Å². The van der Waals surface area contributed by atoms with Crippen LogP contribution >= 0.6 is 0 Å². The molecule has 0 fully saturated rings. The third-order valence-corrected chi connectivity index (χ3v) is 4.26. The van der Waals surface area contributed by atoms with E-state index in [0.717, 1.165) is 22.7 Å². The molecular formula is C18H15N5. The van der Waals surface area contributed by atoms with E-state index in [1.165, 1.54) is 0 Å². The quantitative estimate of drug-likeness (QED) is 0.927. The molecule has 23 heavy (non-hydrogen) atoms. The van der Waals surface area contributed by atoms with Crippen LogP contribution in [-0.2, 0) is 0 Å². The van der Waals surface area contributed by atoms with Gasteiger partial charge in [0.25, 0.3) is 0 Å². The van der Waals surface area contributed by atoms with Crippen molar-refractivity contribution in [2.24, 2.45) is 10.9 Å². The third kappa shape index (κ3) is 2.25. The number of aliphatic imine (C=N–C) groups is 1. The molecule has 3 heterocycles. The van der Waals surface area contributed by atoms with Crippen molar-refractivity contribution in [3.63, 3.8) is 0 Å². The Morgan fingerprint density at radius 3 is 2.83 bits per heavy atom. The van der Waals surface area contributed by atoms with Crippen LogP contribution in [0.1, 0.15) is 17.3 Å². The summed E-state index contributed by atoms with van der Waals surface area (Å²) in [6.45, 7) is 2.01. The molecule has 2 aliphatic heterocycles. The zero-order valence-corrected chi connectivity index (χ0v) is 12.6. The summed E-state index contributed by atoms with van der Waals surface area (Å²) in [4.78, 5) is 4.36. The fourth-order valence-corrected chi connectivity index (χ4v) is 3.05. The first-order chi connectivity index (χ1) is 11.3. The Morgan fingerprint density at radius 2 is 2.04 bits per heavy atom. The second-order valence-corrected chi connectivity index (χ2v) is 5.67. The first-order valence-corrected chi connectivity index (χ1v) is 7.50. The van der Waals surface area contributed by atoms with E-state index >= 15 is 0 Å². The number of aryl methyl sites for hydroxylation is 1. The molecule has 112 valence electrons. The second-order valence-electron chi connectivity index (χ2n) is 5.67. The first-order valence-electron chi connectivity index (χ1n) is 7.50. The molecule has 1 aromatic carbocycles. The van der Waals surface area contributed by atoms with E-state index in [1.54, 1.807) is 0 Å². The molecule has 2 unspecified atom stereocenters. The molecule has 2 atom stereocenters. The topological polar surface area (TPSA) is 66.0 Å². The number of benzene rings is 1. The zero-order chi connectivity index (χ0) is 15.8. The van der Waals surface area contributed by atoms with Crippen LogP contribution in [0.25, 0.3) is 11.1 Å². The smallest absolute Gasteiger partial charge is 0.115 e. The highest BCUT2D eigenvalue weighted by Crippen LogP contribution is 2.31. The van der Waals surface area contributed by atoms with E-state index in [9.17, 15) is 0 Å². The van der Waals surface area contributed by atoms with Gasteiger partial charge in [0.05, 0.1) is 29.3 Å². The predicted molar refractivity (Wildman–Crippen MR) is 88.5 cm³/mol. The predicted octanol–water partition coefficient (Wildman–Crippen LogP) is 2.93. The molecule has 0 radical (unpaired) electrons. The third-order valence-electron chi connectivity index (χ3n) is 4.26. The maximum atomic E-state index is 8.92. The minimum Gasteiger partial charge on any atom is -0.350 e. The van der Waals surface area contributed by atoms with Gasteiger partial charge in [-0.3, -0.25) is 4.68 Å². The van der Waals surface area contributed by atoms with E-state index in [0.29, 0.717) is 5.56 Å². The van der Waals surface area contributed by atoms with Gasteiger partial charge in [-0.05, 0) is 36.9 Å². The molecular weight excluding hydrogens is 286 g/mol. The summed E-state index contributed by atoms with van der Waals surface area (Å²) in [6.07, 6.45) is 10.0. The van der Waals surface area contributed by atoms with Crippen molar-refractivity contribution < 1.29 is 0 Å². The Balaban J connectivity index is 1.70. The van der Waals surface area contributed by atoms with Gasteiger partial charge in [-0.2, -0.15) is 10.4 Å². The standard InChI is InChI=1S/C18H15N5/c1-12-16(14-4-2-13(10-19)3-5-14)11-23(22-12)17-7-9-21-18-15(17)6-8-20-18/h2-9,11,15,17H,1H3,(H,20,21). The van der Waals surface area contributed by atoms with E-state index < -0.39 is 0 Å². The number of allylic oxidation sites excluding steroid dienone is 1. The average molecular weight is 301 g/mol. The molecule has 2 aliphatic rings. The van der Waals surface area contributed by atoms with Crippen LogP contribution < -0.4 is 5.32 Å². The van der Waals surface area contributed by atoms with Gasteiger partial charge in [-0.15, -0.1) is 0 Å². The second kappa shape index (κ2) is 5.25. The largest absolute Gasteiger partial charge is 0.350 e. The summed E-state index contributed by atoms with van der Waals surface area (Å²) < 4.78 is 2.00. The zero-order valence-electron chi connectivity index (χ0n) is 12.6. The van der Waals surface area contributed by atoms with Gasteiger partial charge < -0.3 is 5.32 Å². The molecule has 1 N–H and O–H groups in total. The van der Waals surface area contributed by atoms with Crippen LogP contribution in [-0.4, -0.2) is 15.6 Å². The van der Waals surface area contributed by atoms with Crippen molar-refractivity contribution in [3.05, 3.63) is 66.3 Å². The van der Waals surface area contributed by atoms with Crippen LogP contribution in [0.4, 0.5) is 0 Å². The highest BCUT2D eigenvalue weighted by molar-refractivity contribution is 5.91. The van der Waals surface area contributed by atoms with E-state index in [1.807, 2.05) is 48.3 Å². The van der Waals surface area contributed by atoms with Gasteiger partial charge >= 0.3 is 0 Å². The molecule has 0 spiro atoms. The molecule has 4 rings (SSSR count). The van der Waals surface area contributed by atoms with Gasteiger partial charge in [-0.25, -0.2) is 4.99 Å². The average Bonchev–Trinajstić information content (AvgIpc) is 3.21. The van der Waals surface area contributed by atoms with Crippen molar-refractivity contribution in [3.8, 4) is 17.2 Å². The molecule has 0 bridgehead atoms. The Bertz CT molecular complexity index is 877. The number of aromatic nitrogens is 2. The molecule has 0 saturated heterocycles. The fourth-order valence-electron chi connectivity index (χ4n) is 3.05. The summed E-state index contributed by atoms with van der Waals surface area (Å²) in [7, 11) is 0. The molecule has 0 amide bonds. The highest BCUT2D eigenvalue weighted by atomic mass is 15.3. The summed E-state index contributed by atoms with van der Waals surface area (Å²) in [5, 5.41) is 16.8. The minimum atomic E-state index is 0.125. The molecule has 5 heteroatoms. The van der Waals surface area contributed by atoms with Gasteiger partial charge in [-0.1, -0.05) is 18.2 Å². The number of nitrogens with zero attached hydrogens (tertiary/aromatic N) is 4. The Hall–Kier alpha value is -3.13. The lowest BCUT2D eigenvalue weighted by Crippen LogP contribution is -2.29. The Morgan fingerprint density at radius 1 is 1.22 bits per heavy atom. The molecule has 2 aromatic rings. The van der Waals surface area contributed by atoms with E-state index in [-0.39, 0.29) is 12.0 Å². The van der Waals surface area contributed by atoms with Gasteiger partial charge in [0, 0.05) is 18.0 Å². The van der Waals surface area contributed by atoms with Crippen molar-refractivity contribution in [1.82, 2.24) is 15.1 Å². The molecule has 5 nitrogen and oxygen atoms in total. The van der Waals surface area contributed by atoms with Crippen molar-refractivity contribution in [2.45, 2.75) is 13.0 Å². The molecule has 1 aromatic heterocycles. The Kier molecular flexibility index (Phi) is 3.09. The van der Waals surface area contributed by atoms with Crippen LogP contribution in [0.15, 0.2) is 60.0 Å². The van der Waals surface area contributed by atoms with E-state index in [4.69, 9.17) is 10.4 Å². The Labute approximate surface area is 134 Å². The van der Waals surface area contributed by atoms with Gasteiger partial charge in [0.1, 0.15) is 5.84 Å². The summed E-state index contributed by atoms with van der Waals surface area (Å²) in [5.41, 5.74) is 3.79. The van der Waals surface area contributed by atoms with Crippen LogP contribution in [0.2, 0.25) is 0 Å². The number of hydrogen-bond acceptors (Lipinski definition) is 4. The summed E-state index contributed by atoms with van der Waals surface area (Å²) in [6, 6.07) is 9.87. The highest BCUT2D eigenvalue weighted by Gasteiger charge is 2.29. The van der Waals surface area contributed by atoms with Crippen LogP contribution in [0, 0.1) is 24.2 Å². The maximum absolute atomic E-state index is 8.92. The molecule has 0 aliphatic carbocycles. The van der Waals surface area contributed by atoms with Gasteiger partial charge in [0.15, 0.2) is 0 Å². The lowest BCUT2D eigenvalue weighted by Gasteiger charge is -2.22. The normalized spacial score (nSPS) is 21.5. The summed E-state index contributed by atoms with van der Waals surface area (Å²) in [5.74, 6) is 1.17. The van der Waals surface area contributed by atoms with Gasteiger partial charge in [0.2, 0.25) is 0 Å². The SMILES string of the molecule is Cc1nn(C2C=CN=C3NC=CC32)cc1-c1ccc(C#N)cc1. The van der Waals surface area contributed by atoms with E-state index in [2.05, 4.69) is 34.7 Å². The molecule has 0 saturated carbocycles. The lowest BCUT2D eigenvalue weighted by atomic mass is 9.98. The number of hydrogen-bond donors (Lipinski definition) is 1. The van der Waals surface area contributed by atoms with Crippen LogP contribution in [0.3, 0.4) is 0 Å². The monoisotopic (exact) mass is 301 g/mol. The van der Waals surface area contributed by atoms with Crippen molar-refractivity contribution in [1.29, 1.82) is 5.26 Å². The number of rotatable bonds is 2. The van der Waals surface area contributed by atoms with Crippen LogP contribution in [0.5, 0.6) is 0 Å². The maximum Gasteiger partial charge on any atom is 0.115 e. The lowest BCUT2D eigenvalue weighted by molar-refractivity contribution is 0.487. The van der Waals surface area contributed by atoms with Crippen molar-refractivity contribution >= 4 is 5.84 Å². The minimum absolute atomic E-state index is 0.125. The first kappa shape index (κ1) is 13.5. The fraction of sp³-hybridized carbons (Fsp3) is 0.167. The number of amidine groups is 1. The number of nitrogens with one attached hydrogen (secondary N) is 1. The summed E-state index contributed by atoms with van der Waals surface area (Å²) >= 11 is 0. The number of fused-ring (bicyclic) bond motifs is 1. The number of nitriles is 1.